The van der Waals surface area contributed by atoms with Crippen molar-refractivity contribution < 1.29 is 23.5 Å². The third-order valence-electron chi connectivity index (χ3n) is 7.23. The summed E-state index contributed by atoms with van der Waals surface area (Å²) in [6, 6.07) is 16.4. The highest BCUT2D eigenvalue weighted by molar-refractivity contribution is 7.80. The first-order valence-corrected chi connectivity index (χ1v) is 15.7. The summed E-state index contributed by atoms with van der Waals surface area (Å²) >= 11 is 4.27. The number of hydrogen-bond donors (Lipinski definition) is 1. The number of halogens is 1. The van der Waals surface area contributed by atoms with Crippen LogP contribution in [0, 0.1) is 5.82 Å². The topological polar surface area (TPSA) is 52.6 Å². The van der Waals surface area contributed by atoms with Crippen molar-refractivity contribution >= 4 is 24.6 Å². The van der Waals surface area contributed by atoms with Crippen molar-refractivity contribution in [2.75, 3.05) is 5.75 Å². The van der Waals surface area contributed by atoms with E-state index in [4.69, 9.17) is 9.47 Å². The van der Waals surface area contributed by atoms with Gasteiger partial charge in [0.25, 0.3) is 0 Å². The van der Waals surface area contributed by atoms with E-state index in [-0.39, 0.29) is 28.2 Å². The molecule has 4 nitrogen and oxygen atoms in total. The van der Waals surface area contributed by atoms with Gasteiger partial charge in [-0.3, -0.25) is 0 Å². The summed E-state index contributed by atoms with van der Waals surface area (Å²) in [5.74, 6) is -0.405. The number of ether oxygens (including phenoxy) is 2. The molecule has 0 amide bonds. The zero-order chi connectivity index (χ0) is 31.4. The van der Waals surface area contributed by atoms with Crippen molar-refractivity contribution in [2.24, 2.45) is 0 Å². The minimum Gasteiger partial charge on any atom is -0.423 e. The smallest absolute Gasteiger partial charge is 0.338 e. The van der Waals surface area contributed by atoms with Gasteiger partial charge in [-0.15, -0.1) is 0 Å². The quantitative estimate of drug-likeness (QED) is 0.0583. The van der Waals surface area contributed by atoms with Crippen molar-refractivity contribution in [3.63, 3.8) is 0 Å². The number of thiol groups is 1. The van der Waals surface area contributed by atoms with E-state index in [0.717, 1.165) is 55.4 Å². The maximum atomic E-state index is 15.8. The van der Waals surface area contributed by atoms with E-state index in [0.29, 0.717) is 17.5 Å². The molecule has 3 rings (SSSR count). The first-order chi connectivity index (χ1) is 20.6. The monoisotopic (exact) mass is 602 g/mol. The Kier molecular flexibility index (Phi) is 13.3. The van der Waals surface area contributed by atoms with Gasteiger partial charge in [-0.05, 0) is 92.2 Å². The van der Waals surface area contributed by atoms with Gasteiger partial charge in [0, 0.05) is 22.3 Å². The fourth-order valence-electron chi connectivity index (χ4n) is 4.70. The van der Waals surface area contributed by atoms with Gasteiger partial charge < -0.3 is 9.47 Å². The summed E-state index contributed by atoms with van der Waals surface area (Å²) < 4.78 is 27.2. The van der Waals surface area contributed by atoms with Gasteiger partial charge >= 0.3 is 11.9 Å². The molecule has 228 valence electrons. The van der Waals surface area contributed by atoms with Gasteiger partial charge in [0.2, 0.25) is 0 Å². The van der Waals surface area contributed by atoms with Crippen LogP contribution in [0.3, 0.4) is 0 Å². The van der Waals surface area contributed by atoms with Crippen LogP contribution in [0.4, 0.5) is 4.39 Å². The summed E-state index contributed by atoms with van der Waals surface area (Å²) in [6.07, 6.45) is 8.97. The number of benzene rings is 3. The summed E-state index contributed by atoms with van der Waals surface area (Å²) in [5, 5.41) is 0. The van der Waals surface area contributed by atoms with Crippen LogP contribution in [0.2, 0.25) is 0 Å². The highest BCUT2D eigenvalue weighted by Crippen LogP contribution is 2.40. The molecule has 0 saturated carbocycles. The molecule has 43 heavy (non-hydrogen) atoms. The first-order valence-electron chi connectivity index (χ1n) is 15.1. The van der Waals surface area contributed by atoms with E-state index in [1.54, 1.807) is 32.0 Å². The minimum absolute atomic E-state index is 0.177. The normalized spacial score (nSPS) is 10.8. The molecule has 0 radical (unpaired) electrons. The standard InChI is InChI=1S/C37H43FO4S/c1-6-7-10-13-27-15-17-28(18-16-27)29-19-20-31(33(38)22-29)32-24-34(41-36(39)25(2)3)30(14-11-8-9-12-21-43)23-35(32)42-37(40)26(4)5/h15-20,22-24,43H,2,4,6-14,21H2,1,3,5H3. The molecule has 0 saturated heterocycles. The molecule has 0 aromatic heterocycles. The second kappa shape index (κ2) is 16.9. The van der Waals surface area contributed by atoms with E-state index in [2.05, 4.69) is 44.8 Å². The molecule has 0 spiro atoms. The van der Waals surface area contributed by atoms with Gasteiger partial charge in [-0.1, -0.05) is 82.2 Å². The Morgan fingerprint density at radius 2 is 1.33 bits per heavy atom. The summed E-state index contributed by atoms with van der Waals surface area (Å²) in [4.78, 5) is 25.2. The van der Waals surface area contributed by atoms with E-state index in [1.165, 1.54) is 24.5 Å². The first kappa shape index (κ1) is 33.9. The molecule has 0 fully saturated rings. The van der Waals surface area contributed by atoms with E-state index < -0.39 is 17.8 Å². The molecule has 0 N–H and O–H groups in total. The predicted octanol–water partition coefficient (Wildman–Crippen LogP) is 9.89. The Morgan fingerprint density at radius 3 is 1.93 bits per heavy atom. The molecule has 6 heteroatoms. The Labute approximate surface area is 261 Å². The number of aryl methyl sites for hydroxylation is 2. The van der Waals surface area contributed by atoms with Crippen LogP contribution in [0.5, 0.6) is 11.5 Å². The largest absolute Gasteiger partial charge is 0.423 e. The summed E-state index contributed by atoms with van der Waals surface area (Å²) in [6.45, 7) is 12.7. The van der Waals surface area contributed by atoms with E-state index in [1.807, 2.05) is 18.2 Å². The van der Waals surface area contributed by atoms with Crippen LogP contribution >= 0.6 is 12.6 Å². The molecule has 0 heterocycles. The highest BCUT2D eigenvalue weighted by Gasteiger charge is 2.21. The van der Waals surface area contributed by atoms with Gasteiger partial charge in [-0.2, -0.15) is 12.6 Å². The number of esters is 2. The lowest BCUT2D eigenvalue weighted by Gasteiger charge is -2.17. The van der Waals surface area contributed by atoms with E-state index >= 15 is 4.39 Å². The number of hydrogen-bond acceptors (Lipinski definition) is 5. The number of unbranched alkanes of at least 4 members (excludes halogenated alkanes) is 5. The minimum atomic E-state index is -0.622. The molecule has 0 unspecified atom stereocenters. The molecule has 0 atom stereocenters. The molecular formula is C37H43FO4S. The maximum absolute atomic E-state index is 15.8. The Hall–Kier alpha value is -3.64. The maximum Gasteiger partial charge on any atom is 0.338 e. The Balaban J connectivity index is 2.03. The van der Waals surface area contributed by atoms with Crippen LogP contribution < -0.4 is 9.47 Å². The zero-order valence-electron chi connectivity index (χ0n) is 25.6. The van der Waals surface area contributed by atoms with Crippen molar-refractivity contribution in [1.29, 1.82) is 0 Å². The second-order valence-electron chi connectivity index (χ2n) is 11.0. The Morgan fingerprint density at radius 1 is 0.721 bits per heavy atom. The summed E-state index contributed by atoms with van der Waals surface area (Å²) in [7, 11) is 0. The van der Waals surface area contributed by atoms with Crippen molar-refractivity contribution in [1.82, 2.24) is 0 Å². The van der Waals surface area contributed by atoms with Gasteiger partial charge in [0.15, 0.2) is 0 Å². The van der Waals surface area contributed by atoms with Crippen LogP contribution in [-0.4, -0.2) is 17.7 Å². The van der Waals surface area contributed by atoms with Crippen LogP contribution in [0.25, 0.3) is 22.3 Å². The lowest BCUT2D eigenvalue weighted by atomic mass is 9.95. The SMILES string of the molecule is C=C(C)C(=O)Oc1cc(-c2ccc(-c3ccc(CCCCC)cc3)cc2F)c(OC(=O)C(=C)C)cc1CCCCCCS. The fourth-order valence-corrected chi connectivity index (χ4v) is 4.92. The molecular weight excluding hydrogens is 559 g/mol. The third kappa shape index (κ3) is 9.96. The third-order valence-corrected chi connectivity index (χ3v) is 7.55. The number of rotatable bonds is 16. The van der Waals surface area contributed by atoms with Crippen LogP contribution in [0.1, 0.15) is 76.8 Å². The molecule has 0 aliphatic heterocycles. The van der Waals surface area contributed by atoms with Gasteiger partial charge in [0.1, 0.15) is 17.3 Å². The van der Waals surface area contributed by atoms with Gasteiger partial charge in [-0.25, -0.2) is 14.0 Å². The zero-order valence-corrected chi connectivity index (χ0v) is 26.5. The van der Waals surface area contributed by atoms with Crippen LogP contribution in [-0.2, 0) is 22.4 Å². The van der Waals surface area contributed by atoms with E-state index in [9.17, 15) is 9.59 Å². The molecule has 0 aliphatic rings. The summed E-state index contributed by atoms with van der Waals surface area (Å²) in [5.41, 5.74) is 4.56. The van der Waals surface area contributed by atoms with Gasteiger partial charge in [0.05, 0.1) is 0 Å². The predicted molar refractivity (Wildman–Crippen MR) is 177 cm³/mol. The molecule has 0 bridgehead atoms. The van der Waals surface area contributed by atoms with Crippen molar-refractivity contribution in [3.8, 4) is 33.8 Å². The van der Waals surface area contributed by atoms with Crippen LogP contribution in [0.15, 0.2) is 78.9 Å². The molecule has 0 aliphatic carbocycles. The fraction of sp³-hybridized carbons (Fsp3) is 0.351. The average Bonchev–Trinajstić information content (AvgIpc) is 2.98. The van der Waals surface area contributed by atoms with Crippen molar-refractivity contribution in [2.45, 2.75) is 78.6 Å². The molecule has 3 aromatic rings. The average molecular weight is 603 g/mol. The molecule has 3 aromatic carbocycles. The second-order valence-corrected chi connectivity index (χ2v) is 11.5. The van der Waals surface area contributed by atoms with Crippen molar-refractivity contribution in [3.05, 3.63) is 95.8 Å². The lowest BCUT2D eigenvalue weighted by Crippen LogP contribution is -2.12. The lowest BCUT2D eigenvalue weighted by molar-refractivity contribution is -0.131. The number of carbonyl (C=O) groups is 2. The highest BCUT2D eigenvalue weighted by atomic mass is 32.1. The Bertz CT molecular complexity index is 1440. The number of carbonyl (C=O) groups excluding carboxylic acids is 2.